The second kappa shape index (κ2) is 11.7. The van der Waals surface area contributed by atoms with Gasteiger partial charge in [-0.25, -0.2) is 0 Å². The van der Waals surface area contributed by atoms with Crippen LogP contribution in [-0.4, -0.2) is 36.5 Å². The zero-order valence-electron chi connectivity index (χ0n) is 13.7. The highest BCUT2D eigenvalue weighted by molar-refractivity contribution is 5.85. The quantitative estimate of drug-likeness (QED) is 0.818. The molecule has 0 saturated carbocycles. The van der Waals surface area contributed by atoms with Gasteiger partial charge in [-0.3, -0.25) is 9.69 Å². The van der Waals surface area contributed by atoms with Gasteiger partial charge in [0.25, 0.3) is 0 Å². The highest BCUT2D eigenvalue weighted by atomic mass is 35.5. The minimum atomic E-state index is 0. The lowest BCUT2D eigenvalue weighted by Crippen LogP contribution is -2.43. The van der Waals surface area contributed by atoms with Gasteiger partial charge in [0.2, 0.25) is 5.91 Å². The number of likely N-dealkylation sites (tertiary alicyclic amines) is 1. The van der Waals surface area contributed by atoms with Crippen LogP contribution in [0.5, 0.6) is 0 Å². The Morgan fingerprint density at radius 3 is 2.70 bits per heavy atom. The number of nitrogens with one attached hydrogen (secondary N) is 1. The van der Waals surface area contributed by atoms with Crippen LogP contribution >= 0.6 is 24.8 Å². The summed E-state index contributed by atoms with van der Waals surface area (Å²) in [6.07, 6.45) is 2.93. The van der Waals surface area contributed by atoms with Crippen LogP contribution in [-0.2, 0) is 11.3 Å². The highest BCUT2D eigenvalue weighted by Gasteiger charge is 2.25. The zero-order chi connectivity index (χ0) is 15.1. The fourth-order valence-electron chi connectivity index (χ4n) is 2.82. The molecule has 23 heavy (non-hydrogen) atoms. The summed E-state index contributed by atoms with van der Waals surface area (Å²) in [5.74, 6) is 0.309. The van der Waals surface area contributed by atoms with Gasteiger partial charge in [0.15, 0.2) is 0 Å². The first kappa shape index (κ1) is 22.2. The Bertz CT molecular complexity index is 443. The number of halogens is 2. The third-order valence-electron chi connectivity index (χ3n) is 4.02. The minimum absolute atomic E-state index is 0. The summed E-state index contributed by atoms with van der Waals surface area (Å²) in [4.78, 5) is 14.6. The molecule has 1 heterocycles. The molecule has 1 amide bonds. The number of hydrogen-bond donors (Lipinski definition) is 2. The molecule has 1 saturated heterocycles. The molecule has 1 fully saturated rings. The topological polar surface area (TPSA) is 58.4 Å². The molecule has 0 radical (unpaired) electrons. The molecule has 6 heteroatoms. The Morgan fingerprint density at radius 2 is 2.04 bits per heavy atom. The molecule has 1 aromatic rings. The summed E-state index contributed by atoms with van der Waals surface area (Å²) < 4.78 is 0. The maximum Gasteiger partial charge on any atom is 0.224 e. The van der Waals surface area contributed by atoms with Gasteiger partial charge in [-0.05, 0) is 38.3 Å². The van der Waals surface area contributed by atoms with E-state index in [1.807, 2.05) is 13.0 Å². The smallest absolute Gasteiger partial charge is 0.224 e. The normalized spacial score (nSPS) is 19.1. The van der Waals surface area contributed by atoms with Gasteiger partial charge in [-0.1, -0.05) is 30.3 Å². The number of hydrogen-bond acceptors (Lipinski definition) is 3. The summed E-state index contributed by atoms with van der Waals surface area (Å²) in [6, 6.07) is 10.6. The SMILES string of the molecule is CC(N)CCNC(=O)C1CCCN(Cc2ccccc2)C1.Cl.Cl. The Balaban J connectivity index is 0.00000242. The number of carbonyl (C=O) groups is 1. The molecule has 132 valence electrons. The fraction of sp³-hybridized carbons (Fsp3) is 0.588. The summed E-state index contributed by atoms with van der Waals surface area (Å²) in [7, 11) is 0. The van der Waals surface area contributed by atoms with E-state index < -0.39 is 0 Å². The Hall–Kier alpha value is -0.810. The van der Waals surface area contributed by atoms with E-state index in [-0.39, 0.29) is 42.7 Å². The molecule has 2 unspecified atom stereocenters. The lowest BCUT2D eigenvalue weighted by Gasteiger charge is -2.32. The van der Waals surface area contributed by atoms with E-state index in [9.17, 15) is 4.79 Å². The lowest BCUT2D eigenvalue weighted by molar-refractivity contribution is -0.126. The Labute approximate surface area is 152 Å². The van der Waals surface area contributed by atoms with E-state index in [2.05, 4.69) is 34.5 Å². The first-order valence-electron chi connectivity index (χ1n) is 7.94. The molecular weight excluding hydrogens is 333 g/mol. The van der Waals surface area contributed by atoms with Crippen molar-refractivity contribution in [1.29, 1.82) is 0 Å². The first-order valence-corrected chi connectivity index (χ1v) is 7.94. The third-order valence-corrected chi connectivity index (χ3v) is 4.02. The third kappa shape index (κ3) is 8.02. The second-order valence-electron chi connectivity index (χ2n) is 6.12. The molecule has 0 bridgehead atoms. The molecule has 0 aromatic heterocycles. The largest absolute Gasteiger partial charge is 0.356 e. The van der Waals surface area contributed by atoms with Crippen LogP contribution in [0.2, 0.25) is 0 Å². The summed E-state index contributed by atoms with van der Waals surface area (Å²) in [5, 5.41) is 3.02. The number of carbonyl (C=O) groups excluding carboxylic acids is 1. The molecule has 2 atom stereocenters. The molecule has 2 rings (SSSR count). The van der Waals surface area contributed by atoms with Gasteiger partial charge < -0.3 is 11.1 Å². The van der Waals surface area contributed by atoms with E-state index in [0.29, 0.717) is 6.54 Å². The van der Waals surface area contributed by atoms with Crippen LogP contribution in [0.4, 0.5) is 0 Å². The van der Waals surface area contributed by atoms with Crippen LogP contribution in [0, 0.1) is 5.92 Å². The number of amides is 1. The van der Waals surface area contributed by atoms with Gasteiger partial charge in [0, 0.05) is 25.7 Å². The van der Waals surface area contributed by atoms with Gasteiger partial charge in [0.05, 0.1) is 5.92 Å². The molecule has 4 nitrogen and oxygen atoms in total. The molecule has 0 spiro atoms. The molecule has 1 aliphatic heterocycles. The number of nitrogens with two attached hydrogens (primary N) is 1. The standard InChI is InChI=1S/C17H27N3O.2ClH/c1-14(18)9-10-19-17(21)16-8-5-11-20(13-16)12-15-6-3-2-4-7-15;;/h2-4,6-7,14,16H,5,8-13,18H2,1H3,(H,19,21);2*1H. The molecule has 3 N–H and O–H groups in total. The fourth-order valence-corrected chi connectivity index (χ4v) is 2.82. The number of nitrogens with zero attached hydrogens (tertiary/aromatic N) is 1. The predicted molar refractivity (Wildman–Crippen MR) is 100 cm³/mol. The van der Waals surface area contributed by atoms with Crippen molar-refractivity contribution in [2.45, 2.75) is 38.8 Å². The van der Waals surface area contributed by atoms with Gasteiger partial charge in [-0.15, -0.1) is 24.8 Å². The summed E-state index contributed by atoms with van der Waals surface area (Å²) in [5.41, 5.74) is 7.02. The number of rotatable bonds is 6. The van der Waals surface area contributed by atoms with E-state index in [1.165, 1.54) is 5.56 Å². The average molecular weight is 362 g/mol. The second-order valence-corrected chi connectivity index (χ2v) is 6.12. The van der Waals surface area contributed by atoms with Crippen LogP contribution in [0.15, 0.2) is 30.3 Å². The number of benzene rings is 1. The van der Waals surface area contributed by atoms with Crippen LogP contribution < -0.4 is 11.1 Å². The van der Waals surface area contributed by atoms with Crippen molar-refractivity contribution in [3.63, 3.8) is 0 Å². The first-order chi connectivity index (χ1) is 10.1. The monoisotopic (exact) mass is 361 g/mol. The number of piperidine rings is 1. The summed E-state index contributed by atoms with van der Waals surface area (Å²) in [6.45, 7) is 5.53. The van der Waals surface area contributed by atoms with Crippen molar-refractivity contribution < 1.29 is 4.79 Å². The van der Waals surface area contributed by atoms with Crippen molar-refractivity contribution in [3.05, 3.63) is 35.9 Å². The van der Waals surface area contributed by atoms with E-state index in [1.54, 1.807) is 0 Å². The minimum Gasteiger partial charge on any atom is -0.356 e. The van der Waals surface area contributed by atoms with Crippen molar-refractivity contribution >= 4 is 30.7 Å². The Morgan fingerprint density at radius 1 is 1.35 bits per heavy atom. The van der Waals surface area contributed by atoms with Crippen molar-refractivity contribution in [1.82, 2.24) is 10.2 Å². The maximum atomic E-state index is 12.2. The molecular formula is C17H29Cl2N3O. The van der Waals surface area contributed by atoms with Crippen LogP contribution in [0.25, 0.3) is 0 Å². The maximum absolute atomic E-state index is 12.2. The molecule has 1 aromatic carbocycles. The van der Waals surface area contributed by atoms with E-state index in [4.69, 9.17) is 5.73 Å². The Kier molecular flexibility index (Phi) is 11.3. The van der Waals surface area contributed by atoms with Crippen molar-refractivity contribution in [3.8, 4) is 0 Å². The van der Waals surface area contributed by atoms with Crippen LogP contribution in [0.1, 0.15) is 31.7 Å². The molecule has 1 aliphatic rings. The van der Waals surface area contributed by atoms with Crippen molar-refractivity contribution in [2.75, 3.05) is 19.6 Å². The average Bonchev–Trinajstić information content (AvgIpc) is 2.48. The van der Waals surface area contributed by atoms with E-state index in [0.717, 1.165) is 38.9 Å². The van der Waals surface area contributed by atoms with Crippen LogP contribution in [0.3, 0.4) is 0 Å². The lowest BCUT2D eigenvalue weighted by atomic mass is 9.96. The zero-order valence-corrected chi connectivity index (χ0v) is 15.4. The summed E-state index contributed by atoms with van der Waals surface area (Å²) >= 11 is 0. The predicted octanol–water partition coefficient (Wildman–Crippen LogP) is 2.60. The molecule has 0 aliphatic carbocycles. The van der Waals surface area contributed by atoms with Gasteiger partial charge >= 0.3 is 0 Å². The van der Waals surface area contributed by atoms with Gasteiger partial charge in [0.1, 0.15) is 0 Å². The van der Waals surface area contributed by atoms with Gasteiger partial charge in [-0.2, -0.15) is 0 Å². The van der Waals surface area contributed by atoms with Crippen molar-refractivity contribution in [2.24, 2.45) is 11.7 Å². The highest BCUT2D eigenvalue weighted by Crippen LogP contribution is 2.18. The van der Waals surface area contributed by atoms with E-state index >= 15 is 0 Å².